The number of halogens is 1. The van der Waals surface area contributed by atoms with Gasteiger partial charge in [-0.2, -0.15) is 0 Å². The molecule has 0 spiro atoms. The molecular formula is C14H13BrN2O. The zero-order valence-electron chi connectivity index (χ0n) is 10.2. The van der Waals surface area contributed by atoms with Crippen molar-refractivity contribution in [2.45, 2.75) is 13.8 Å². The van der Waals surface area contributed by atoms with E-state index in [4.69, 9.17) is 0 Å². The van der Waals surface area contributed by atoms with Crippen LogP contribution in [0.3, 0.4) is 0 Å². The number of nitrogens with one attached hydrogen (secondary N) is 1. The van der Waals surface area contributed by atoms with Gasteiger partial charge in [-0.3, -0.25) is 9.78 Å². The van der Waals surface area contributed by atoms with Gasteiger partial charge in [-0.1, -0.05) is 15.9 Å². The van der Waals surface area contributed by atoms with E-state index >= 15 is 0 Å². The van der Waals surface area contributed by atoms with Gasteiger partial charge in [0, 0.05) is 22.6 Å². The van der Waals surface area contributed by atoms with Crippen LogP contribution >= 0.6 is 15.9 Å². The lowest BCUT2D eigenvalue weighted by Crippen LogP contribution is -2.13. The number of aromatic nitrogens is 1. The number of rotatable bonds is 2. The largest absolute Gasteiger partial charge is 0.322 e. The maximum Gasteiger partial charge on any atom is 0.257 e. The van der Waals surface area contributed by atoms with Gasteiger partial charge in [0.1, 0.15) is 0 Å². The van der Waals surface area contributed by atoms with Crippen LogP contribution in [0, 0.1) is 13.8 Å². The molecule has 0 bridgehead atoms. The van der Waals surface area contributed by atoms with Crippen LogP contribution in [0.15, 0.2) is 41.1 Å². The topological polar surface area (TPSA) is 42.0 Å². The first-order chi connectivity index (χ1) is 8.58. The Morgan fingerprint density at radius 3 is 2.67 bits per heavy atom. The monoisotopic (exact) mass is 304 g/mol. The molecule has 0 saturated heterocycles. The standard InChI is InChI=1S/C14H13BrN2O/c1-9-5-6-16-8-12(9)14(18)17-11-3-4-13(15)10(2)7-11/h3-8H,1-2H3,(H,17,18). The van der Waals surface area contributed by atoms with Crippen LogP contribution in [-0.4, -0.2) is 10.9 Å². The fourth-order valence-corrected chi connectivity index (χ4v) is 1.87. The fraction of sp³-hybridized carbons (Fsp3) is 0.143. The first kappa shape index (κ1) is 12.8. The van der Waals surface area contributed by atoms with Gasteiger partial charge >= 0.3 is 0 Å². The summed E-state index contributed by atoms with van der Waals surface area (Å²) in [5, 5.41) is 2.87. The van der Waals surface area contributed by atoms with E-state index in [9.17, 15) is 4.79 Å². The van der Waals surface area contributed by atoms with E-state index in [-0.39, 0.29) is 5.91 Å². The normalized spacial score (nSPS) is 10.2. The number of anilines is 1. The van der Waals surface area contributed by atoms with Crippen LogP contribution in [0.1, 0.15) is 21.5 Å². The number of pyridine rings is 1. The third kappa shape index (κ3) is 2.76. The van der Waals surface area contributed by atoms with Crippen molar-refractivity contribution in [2.24, 2.45) is 0 Å². The van der Waals surface area contributed by atoms with Crippen molar-refractivity contribution in [1.29, 1.82) is 0 Å². The number of aryl methyl sites for hydroxylation is 2. The SMILES string of the molecule is Cc1cc(NC(=O)c2cnccc2C)ccc1Br. The second-order valence-electron chi connectivity index (χ2n) is 4.11. The predicted molar refractivity (Wildman–Crippen MR) is 75.8 cm³/mol. The second-order valence-corrected chi connectivity index (χ2v) is 4.96. The first-order valence-corrected chi connectivity index (χ1v) is 6.35. The third-order valence-electron chi connectivity index (χ3n) is 2.70. The van der Waals surface area contributed by atoms with Gasteiger partial charge in [0.2, 0.25) is 0 Å². The molecule has 18 heavy (non-hydrogen) atoms. The highest BCUT2D eigenvalue weighted by atomic mass is 79.9. The Balaban J connectivity index is 2.22. The average Bonchev–Trinajstić information content (AvgIpc) is 2.34. The molecule has 0 radical (unpaired) electrons. The summed E-state index contributed by atoms with van der Waals surface area (Å²) in [6.45, 7) is 3.87. The summed E-state index contributed by atoms with van der Waals surface area (Å²) in [5.74, 6) is -0.137. The number of benzene rings is 1. The van der Waals surface area contributed by atoms with Crippen molar-refractivity contribution in [1.82, 2.24) is 4.98 Å². The van der Waals surface area contributed by atoms with Crippen molar-refractivity contribution in [2.75, 3.05) is 5.32 Å². The van der Waals surface area contributed by atoms with Crippen LogP contribution in [0.4, 0.5) is 5.69 Å². The van der Waals surface area contributed by atoms with Gasteiger partial charge in [0.25, 0.3) is 5.91 Å². The highest BCUT2D eigenvalue weighted by molar-refractivity contribution is 9.10. The molecule has 1 aromatic carbocycles. The molecule has 4 heteroatoms. The molecule has 0 atom stereocenters. The molecule has 0 fully saturated rings. The lowest BCUT2D eigenvalue weighted by Gasteiger charge is -2.08. The smallest absolute Gasteiger partial charge is 0.257 e. The Bertz CT molecular complexity index is 596. The molecule has 0 aliphatic carbocycles. The van der Waals surface area contributed by atoms with Crippen LogP contribution in [0.25, 0.3) is 0 Å². The van der Waals surface area contributed by atoms with Gasteiger partial charge in [-0.05, 0) is 49.2 Å². The summed E-state index contributed by atoms with van der Waals surface area (Å²) in [6, 6.07) is 7.52. The van der Waals surface area contributed by atoms with Crippen molar-refractivity contribution < 1.29 is 4.79 Å². The van der Waals surface area contributed by atoms with Gasteiger partial charge in [0.05, 0.1) is 5.56 Å². The second kappa shape index (κ2) is 5.31. The van der Waals surface area contributed by atoms with Gasteiger partial charge in [0.15, 0.2) is 0 Å². The minimum Gasteiger partial charge on any atom is -0.322 e. The summed E-state index contributed by atoms with van der Waals surface area (Å²) in [4.78, 5) is 16.0. The number of nitrogens with zero attached hydrogens (tertiary/aromatic N) is 1. The Labute approximate surface area is 114 Å². The minimum absolute atomic E-state index is 0.137. The molecule has 0 aliphatic heterocycles. The summed E-state index contributed by atoms with van der Waals surface area (Å²) < 4.78 is 1.03. The third-order valence-corrected chi connectivity index (χ3v) is 3.59. The van der Waals surface area contributed by atoms with E-state index in [1.165, 1.54) is 0 Å². The molecule has 2 rings (SSSR count). The molecule has 0 aliphatic rings. The Morgan fingerprint density at radius 1 is 1.22 bits per heavy atom. The quantitative estimate of drug-likeness (QED) is 0.919. The predicted octanol–water partition coefficient (Wildman–Crippen LogP) is 3.71. The fourth-order valence-electron chi connectivity index (χ4n) is 1.62. The zero-order chi connectivity index (χ0) is 13.1. The van der Waals surface area contributed by atoms with Crippen molar-refractivity contribution in [3.8, 4) is 0 Å². The van der Waals surface area contributed by atoms with E-state index in [0.29, 0.717) is 5.56 Å². The van der Waals surface area contributed by atoms with E-state index in [1.54, 1.807) is 12.4 Å². The first-order valence-electron chi connectivity index (χ1n) is 5.56. The summed E-state index contributed by atoms with van der Waals surface area (Å²) in [7, 11) is 0. The molecular weight excluding hydrogens is 292 g/mol. The summed E-state index contributed by atoms with van der Waals surface area (Å²) in [5.41, 5.74) is 3.37. The molecule has 0 unspecified atom stereocenters. The number of carbonyl (C=O) groups is 1. The van der Waals surface area contributed by atoms with E-state index < -0.39 is 0 Å². The molecule has 2 aromatic rings. The lowest BCUT2D eigenvalue weighted by molar-refractivity contribution is 0.102. The van der Waals surface area contributed by atoms with Gasteiger partial charge < -0.3 is 5.32 Å². The van der Waals surface area contributed by atoms with Gasteiger partial charge in [-0.25, -0.2) is 0 Å². The number of carbonyl (C=O) groups excluding carboxylic acids is 1. The van der Waals surface area contributed by atoms with Crippen molar-refractivity contribution >= 4 is 27.5 Å². The van der Waals surface area contributed by atoms with Crippen LogP contribution in [0.5, 0.6) is 0 Å². The van der Waals surface area contributed by atoms with Crippen LogP contribution < -0.4 is 5.32 Å². The molecule has 1 heterocycles. The maximum atomic E-state index is 12.1. The van der Waals surface area contributed by atoms with E-state index in [1.807, 2.05) is 38.1 Å². The number of hydrogen-bond acceptors (Lipinski definition) is 2. The van der Waals surface area contributed by atoms with Crippen LogP contribution in [-0.2, 0) is 0 Å². The van der Waals surface area contributed by atoms with E-state index in [2.05, 4.69) is 26.2 Å². The van der Waals surface area contributed by atoms with Crippen molar-refractivity contribution in [3.63, 3.8) is 0 Å². The molecule has 1 aromatic heterocycles. The Morgan fingerprint density at radius 2 is 2.00 bits per heavy atom. The molecule has 92 valence electrons. The lowest BCUT2D eigenvalue weighted by atomic mass is 10.1. The average molecular weight is 305 g/mol. The highest BCUT2D eigenvalue weighted by Crippen LogP contribution is 2.20. The summed E-state index contributed by atoms with van der Waals surface area (Å²) in [6.07, 6.45) is 3.26. The molecule has 1 amide bonds. The van der Waals surface area contributed by atoms with E-state index in [0.717, 1.165) is 21.3 Å². The van der Waals surface area contributed by atoms with Crippen molar-refractivity contribution in [3.05, 3.63) is 57.8 Å². The number of amides is 1. The molecule has 3 nitrogen and oxygen atoms in total. The molecule has 1 N–H and O–H groups in total. The minimum atomic E-state index is -0.137. The number of hydrogen-bond donors (Lipinski definition) is 1. The maximum absolute atomic E-state index is 12.1. The summed E-state index contributed by atoms with van der Waals surface area (Å²) >= 11 is 3.43. The van der Waals surface area contributed by atoms with Crippen LogP contribution in [0.2, 0.25) is 0 Å². The molecule has 0 saturated carbocycles. The highest BCUT2D eigenvalue weighted by Gasteiger charge is 2.09. The van der Waals surface area contributed by atoms with Gasteiger partial charge in [-0.15, -0.1) is 0 Å². The Kier molecular flexibility index (Phi) is 3.77. The zero-order valence-corrected chi connectivity index (χ0v) is 11.8. The Hall–Kier alpha value is -1.68.